The van der Waals surface area contributed by atoms with E-state index in [1.165, 1.54) is 0 Å². The Kier molecular flexibility index (Phi) is 7.27. The molecule has 0 aromatic heterocycles. The molecule has 3 aliphatic heterocycles. The summed E-state index contributed by atoms with van der Waals surface area (Å²) in [6.45, 7) is 6.82. The van der Waals surface area contributed by atoms with Gasteiger partial charge in [-0.3, -0.25) is 0 Å². The van der Waals surface area contributed by atoms with Gasteiger partial charge in [-0.25, -0.2) is 4.79 Å². The van der Waals surface area contributed by atoms with Crippen LogP contribution in [0, 0.1) is 34.5 Å². The van der Waals surface area contributed by atoms with Crippen molar-refractivity contribution < 1.29 is 43.5 Å². The molecule has 0 aromatic carbocycles. The predicted octanol–water partition coefficient (Wildman–Crippen LogP) is 4.75. The fourth-order valence-corrected chi connectivity index (χ4v) is 12.0. The van der Waals surface area contributed by atoms with Gasteiger partial charge in [0.05, 0.1) is 34.9 Å². The largest absolute Gasteiger partial charge is 0.458 e. The summed E-state index contributed by atoms with van der Waals surface area (Å²) in [7, 11) is 0. The first kappa shape index (κ1) is 30.9. The van der Waals surface area contributed by atoms with E-state index < -0.39 is 28.7 Å². The maximum absolute atomic E-state index is 13.2. The summed E-state index contributed by atoms with van der Waals surface area (Å²) in [4.78, 5) is 25.1. The smallest absolute Gasteiger partial charge is 0.331 e. The third kappa shape index (κ3) is 4.46. The number of aliphatic hydroxyl groups is 2. The Hall–Kier alpha value is -1.36. The third-order valence-corrected chi connectivity index (χ3v) is 14.5. The number of hydrogen-bond acceptors (Lipinski definition) is 9. The van der Waals surface area contributed by atoms with Gasteiger partial charge in [-0.2, -0.15) is 0 Å². The molecule has 2 N–H and O–H groups in total. The van der Waals surface area contributed by atoms with E-state index in [0.717, 1.165) is 56.8 Å². The maximum Gasteiger partial charge on any atom is 0.331 e. The van der Waals surface area contributed by atoms with Crippen molar-refractivity contribution in [3.05, 3.63) is 11.6 Å². The van der Waals surface area contributed by atoms with Crippen molar-refractivity contribution in [3.63, 3.8) is 0 Å². The van der Waals surface area contributed by atoms with E-state index in [1.54, 1.807) is 6.08 Å². The number of cyclic esters (lactones) is 1. The van der Waals surface area contributed by atoms with Gasteiger partial charge in [-0.15, -0.1) is 0 Å². The molecule has 9 nitrogen and oxygen atoms in total. The van der Waals surface area contributed by atoms with Gasteiger partial charge < -0.3 is 38.7 Å². The summed E-state index contributed by atoms with van der Waals surface area (Å²) in [5.74, 6) is -0.151. The molecule has 8 aliphatic rings. The lowest BCUT2D eigenvalue weighted by atomic mass is 9.41. The Morgan fingerprint density at radius 1 is 0.933 bits per heavy atom. The molecule has 250 valence electrons. The molecular weight excluding hydrogens is 576 g/mol. The minimum atomic E-state index is -1.19. The quantitative estimate of drug-likeness (QED) is 0.258. The summed E-state index contributed by atoms with van der Waals surface area (Å²) in [6.07, 6.45) is 12.1. The molecular formula is C36H52O9. The van der Waals surface area contributed by atoms with Gasteiger partial charge in [0.1, 0.15) is 19.0 Å². The summed E-state index contributed by atoms with van der Waals surface area (Å²) < 4.78 is 31.3. The van der Waals surface area contributed by atoms with E-state index in [1.807, 2.05) is 6.92 Å². The van der Waals surface area contributed by atoms with Crippen molar-refractivity contribution in [2.24, 2.45) is 34.5 Å². The normalized spacial score (nSPS) is 55.7. The van der Waals surface area contributed by atoms with Gasteiger partial charge in [0.2, 0.25) is 0 Å². The molecule has 45 heavy (non-hydrogen) atoms. The lowest BCUT2D eigenvalue weighted by Crippen LogP contribution is -2.69. The molecule has 9 heteroatoms. The number of fused-ring (bicyclic) bond motifs is 6. The summed E-state index contributed by atoms with van der Waals surface area (Å²) in [5, 5.41) is 24.9. The SMILES string of the molecule is CC1CCC2(CC1)OC1CC(OC3CCC4(C=O)C5CCC6(C)C(C7=CC(=O)OC7)CCC6(O)C5CCC4(O)C3)OC(C)C1O2. The zero-order valence-electron chi connectivity index (χ0n) is 27.2. The number of hydrogen-bond donors (Lipinski definition) is 2. The zero-order valence-corrected chi connectivity index (χ0v) is 27.2. The minimum absolute atomic E-state index is 0.0689. The average molecular weight is 629 g/mol. The number of carbonyl (C=O) groups excluding carboxylic acids is 2. The van der Waals surface area contributed by atoms with Crippen molar-refractivity contribution in [3.8, 4) is 0 Å². The van der Waals surface area contributed by atoms with Crippen LogP contribution in [0.15, 0.2) is 11.6 Å². The van der Waals surface area contributed by atoms with Gasteiger partial charge in [-0.05, 0) is 100 Å². The van der Waals surface area contributed by atoms with E-state index in [0.29, 0.717) is 57.5 Å². The van der Waals surface area contributed by atoms with Gasteiger partial charge in [0.25, 0.3) is 0 Å². The van der Waals surface area contributed by atoms with Crippen molar-refractivity contribution in [1.29, 1.82) is 0 Å². The molecule has 0 bridgehead atoms. The summed E-state index contributed by atoms with van der Waals surface area (Å²) >= 11 is 0. The number of ether oxygens (including phenoxy) is 5. The highest BCUT2D eigenvalue weighted by Crippen LogP contribution is 2.70. The molecule has 8 rings (SSSR count). The fraction of sp³-hybridized carbons (Fsp3) is 0.889. The van der Waals surface area contributed by atoms with Crippen LogP contribution < -0.4 is 0 Å². The van der Waals surface area contributed by atoms with E-state index in [4.69, 9.17) is 23.7 Å². The molecule has 7 fully saturated rings. The first-order chi connectivity index (χ1) is 21.4. The van der Waals surface area contributed by atoms with Gasteiger partial charge in [0, 0.05) is 37.2 Å². The van der Waals surface area contributed by atoms with Crippen LogP contribution in [0.3, 0.4) is 0 Å². The monoisotopic (exact) mass is 628 g/mol. The Balaban J connectivity index is 0.961. The molecule has 2 saturated heterocycles. The van der Waals surface area contributed by atoms with Crippen molar-refractivity contribution >= 4 is 12.3 Å². The van der Waals surface area contributed by atoms with E-state index in [9.17, 15) is 19.8 Å². The second-order valence-corrected chi connectivity index (χ2v) is 16.6. The predicted molar refractivity (Wildman–Crippen MR) is 162 cm³/mol. The first-order valence-electron chi connectivity index (χ1n) is 17.9. The molecule has 1 spiro atoms. The van der Waals surface area contributed by atoms with Crippen molar-refractivity contribution in [2.75, 3.05) is 6.61 Å². The highest BCUT2D eigenvalue weighted by Gasteiger charge is 2.71. The van der Waals surface area contributed by atoms with Crippen LogP contribution in [0.4, 0.5) is 0 Å². The lowest BCUT2D eigenvalue weighted by Gasteiger charge is -2.65. The Morgan fingerprint density at radius 2 is 1.71 bits per heavy atom. The Labute approximate surface area is 266 Å². The summed E-state index contributed by atoms with van der Waals surface area (Å²) in [6, 6.07) is 0. The average Bonchev–Trinajstić information content (AvgIpc) is 3.67. The standard InChI is InChI=1S/C36H52O9/c1-21-4-13-35(14-5-21)44-28-17-30(42-22(2)31(28)45-35)43-24-6-11-33(20-37)26-7-10-32(3)25(23-16-29(38)41-19-23)9-15-36(32,40)27(26)8-12-34(33,39)18-24/h16,20-22,24-28,30-31,39-40H,4-15,17-19H2,1-3H3. The summed E-state index contributed by atoms with van der Waals surface area (Å²) in [5.41, 5.74) is -2.43. The number of carbonyl (C=O) groups is 2. The number of rotatable bonds is 4. The molecule has 5 saturated carbocycles. The van der Waals surface area contributed by atoms with E-state index >= 15 is 0 Å². The second kappa shape index (κ2) is 10.6. The van der Waals surface area contributed by atoms with Crippen LogP contribution in [-0.4, -0.2) is 76.8 Å². The van der Waals surface area contributed by atoms with E-state index in [2.05, 4.69) is 13.8 Å². The Morgan fingerprint density at radius 3 is 2.44 bits per heavy atom. The molecule has 3 heterocycles. The minimum Gasteiger partial charge on any atom is -0.458 e. The van der Waals surface area contributed by atoms with Crippen LogP contribution in [0.5, 0.6) is 0 Å². The van der Waals surface area contributed by atoms with Gasteiger partial charge >= 0.3 is 5.97 Å². The van der Waals surface area contributed by atoms with Crippen molar-refractivity contribution in [1.82, 2.24) is 0 Å². The lowest BCUT2D eigenvalue weighted by molar-refractivity contribution is -0.278. The Bertz CT molecular complexity index is 1240. The van der Waals surface area contributed by atoms with Crippen LogP contribution in [-0.2, 0) is 33.3 Å². The highest BCUT2D eigenvalue weighted by atomic mass is 16.8. The number of aldehydes is 1. The highest BCUT2D eigenvalue weighted by molar-refractivity contribution is 5.85. The topological polar surface area (TPSA) is 121 Å². The number of esters is 1. The molecule has 0 amide bonds. The van der Waals surface area contributed by atoms with E-state index in [-0.39, 0.29) is 53.6 Å². The van der Waals surface area contributed by atoms with Crippen LogP contribution in [0.1, 0.15) is 111 Å². The van der Waals surface area contributed by atoms with Crippen LogP contribution in [0.25, 0.3) is 0 Å². The fourth-order valence-electron chi connectivity index (χ4n) is 12.0. The van der Waals surface area contributed by atoms with Gasteiger partial charge in [0.15, 0.2) is 12.1 Å². The van der Waals surface area contributed by atoms with Crippen molar-refractivity contribution in [2.45, 2.75) is 158 Å². The molecule has 12 unspecified atom stereocenters. The second-order valence-electron chi connectivity index (χ2n) is 16.6. The third-order valence-electron chi connectivity index (χ3n) is 14.5. The zero-order chi connectivity index (χ0) is 31.4. The molecule has 0 aromatic rings. The maximum atomic E-state index is 13.2. The van der Waals surface area contributed by atoms with Gasteiger partial charge in [-0.1, -0.05) is 13.8 Å². The molecule has 0 radical (unpaired) electrons. The van der Waals surface area contributed by atoms with Crippen LogP contribution in [0.2, 0.25) is 0 Å². The molecule has 5 aliphatic carbocycles. The molecule has 12 atom stereocenters. The van der Waals surface area contributed by atoms with Crippen LogP contribution >= 0.6 is 0 Å². The first-order valence-corrected chi connectivity index (χ1v) is 17.9.